The molecule has 1 aliphatic heterocycles. The van der Waals surface area contributed by atoms with E-state index in [2.05, 4.69) is 22.6 Å². The summed E-state index contributed by atoms with van der Waals surface area (Å²) < 4.78 is 0. The first kappa shape index (κ1) is 8.53. The summed E-state index contributed by atoms with van der Waals surface area (Å²) in [5.74, 6) is 1.20. The summed E-state index contributed by atoms with van der Waals surface area (Å²) in [5.41, 5.74) is 1.14. The molecule has 2 nitrogen and oxygen atoms in total. The molecule has 2 unspecified atom stereocenters. The summed E-state index contributed by atoms with van der Waals surface area (Å²) in [6, 6.07) is 0.629. The van der Waals surface area contributed by atoms with Gasteiger partial charge in [-0.2, -0.15) is 0 Å². The molecule has 1 N–H and O–H groups in total. The number of nitrogens with one attached hydrogen (secondary N) is 1. The second-order valence-corrected chi connectivity index (χ2v) is 5.14. The van der Waals surface area contributed by atoms with Crippen molar-refractivity contribution in [1.82, 2.24) is 10.3 Å². The summed E-state index contributed by atoms with van der Waals surface area (Å²) in [4.78, 5) is 4.46. The Bertz CT molecular complexity index is 272. The van der Waals surface area contributed by atoms with Gasteiger partial charge in [0.25, 0.3) is 0 Å². The van der Waals surface area contributed by atoms with E-state index in [4.69, 9.17) is 0 Å². The van der Waals surface area contributed by atoms with Crippen LogP contribution in [0, 0.1) is 6.92 Å². The van der Waals surface area contributed by atoms with Gasteiger partial charge in [-0.3, -0.25) is 5.32 Å². The minimum atomic E-state index is 0.443. The summed E-state index contributed by atoms with van der Waals surface area (Å²) in [6.07, 6.45) is 0. The first-order chi connectivity index (χ1) is 5.75. The van der Waals surface area contributed by atoms with Crippen molar-refractivity contribution in [3.05, 3.63) is 16.1 Å². The molecule has 12 heavy (non-hydrogen) atoms. The van der Waals surface area contributed by atoms with Gasteiger partial charge in [0.2, 0.25) is 0 Å². The molecular weight excluding hydrogens is 188 g/mol. The molecule has 0 bridgehead atoms. The van der Waals surface area contributed by atoms with Crippen LogP contribution < -0.4 is 5.32 Å². The van der Waals surface area contributed by atoms with E-state index in [0.29, 0.717) is 11.4 Å². The third-order valence-electron chi connectivity index (χ3n) is 1.81. The lowest BCUT2D eigenvalue weighted by molar-refractivity contribution is 0.616. The van der Waals surface area contributed by atoms with Crippen molar-refractivity contribution in [2.75, 3.05) is 5.75 Å². The van der Waals surface area contributed by atoms with Crippen molar-refractivity contribution in [3.8, 4) is 0 Å². The number of rotatable bonds is 1. The zero-order chi connectivity index (χ0) is 8.55. The fourth-order valence-electron chi connectivity index (χ4n) is 1.23. The number of hydrogen-bond donors (Lipinski definition) is 1. The van der Waals surface area contributed by atoms with Crippen LogP contribution in [0.3, 0.4) is 0 Å². The maximum atomic E-state index is 4.46. The molecule has 1 saturated heterocycles. The zero-order valence-corrected chi connectivity index (χ0v) is 8.84. The van der Waals surface area contributed by atoms with E-state index in [9.17, 15) is 0 Å². The number of aryl methyl sites for hydroxylation is 1. The molecule has 0 aromatic carbocycles. The van der Waals surface area contributed by atoms with Gasteiger partial charge in [-0.1, -0.05) is 0 Å². The van der Waals surface area contributed by atoms with Crippen LogP contribution in [0.25, 0.3) is 0 Å². The highest BCUT2D eigenvalue weighted by atomic mass is 32.2. The first-order valence-electron chi connectivity index (χ1n) is 4.05. The number of thioether (sulfide) groups is 1. The molecule has 2 heterocycles. The van der Waals surface area contributed by atoms with Crippen molar-refractivity contribution in [2.24, 2.45) is 0 Å². The van der Waals surface area contributed by atoms with Gasteiger partial charge in [0.05, 0.1) is 0 Å². The summed E-state index contributed by atoms with van der Waals surface area (Å²) in [5, 5.41) is 7.27. The largest absolute Gasteiger partial charge is 0.296 e. The van der Waals surface area contributed by atoms with Gasteiger partial charge < -0.3 is 0 Å². The Balaban J connectivity index is 2.11. The molecule has 66 valence electrons. The second-order valence-electron chi connectivity index (χ2n) is 3.11. The van der Waals surface area contributed by atoms with Crippen LogP contribution in [-0.4, -0.2) is 16.8 Å². The highest BCUT2D eigenvalue weighted by Crippen LogP contribution is 2.33. The van der Waals surface area contributed by atoms with E-state index in [1.807, 2.05) is 18.7 Å². The molecule has 1 fully saturated rings. The van der Waals surface area contributed by atoms with E-state index >= 15 is 0 Å². The van der Waals surface area contributed by atoms with E-state index in [0.717, 1.165) is 5.69 Å². The third kappa shape index (κ3) is 1.65. The molecule has 1 aliphatic rings. The highest BCUT2D eigenvalue weighted by molar-refractivity contribution is 7.99. The summed E-state index contributed by atoms with van der Waals surface area (Å²) in [6.45, 7) is 4.26. The van der Waals surface area contributed by atoms with E-state index < -0.39 is 0 Å². The van der Waals surface area contributed by atoms with Crippen molar-refractivity contribution >= 4 is 23.1 Å². The fourth-order valence-corrected chi connectivity index (χ4v) is 3.43. The first-order valence-corrected chi connectivity index (χ1v) is 5.98. The van der Waals surface area contributed by atoms with Gasteiger partial charge in [-0.15, -0.1) is 23.1 Å². The molecule has 2 atom stereocenters. The molecule has 2 rings (SSSR count). The van der Waals surface area contributed by atoms with E-state index in [-0.39, 0.29) is 0 Å². The van der Waals surface area contributed by atoms with Gasteiger partial charge >= 0.3 is 0 Å². The van der Waals surface area contributed by atoms with Gasteiger partial charge in [0, 0.05) is 22.9 Å². The van der Waals surface area contributed by atoms with Gasteiger partial charge in [0.15, 0.2) is 0 Å². The number of hydrogen-bond acceptors (Lipinski definition) is 4. The summed E-state index contributed by atoms with van der Waals surface area (Å²) >= 11 is 3.71. The Morgan fingerprint density at radius 3 is 3.00 bits per heavy atom. The fraction of sp³-hybridized carbons (Fsp3) is 0.625. The lowest BCUT2D eigenvalue weighted by Gasteiger charge is -2.05. The normalized spacial score (nSPS) is 29.5. The van der Waals surface area contributed by atoms with Crippen molar-refractivity contribution in [2.45, 2.75) is 25.3 Å². The van der Waals surface area contributed by atoms with E-state index in [1.165, 1.54) is 10.8 Å². The third-order valence-corrected chi connectivity index (χ3v) is 4.37. The SMILES string of the molecule is Cc1csc(C2NC(C)CS2)n1. The average molecular weight is 200 g/mol. The molecule has 0 radical (unpaired) electrons. The van der Waals surface area contributed by atoms with Crippen molar-refractivity contribution in [3.63, 3.8) is 0 Å². The Hall–Kier alpha value is -0.0600. The van der Waals surface area contributed by atoms with Gasteiger partial charge in [-0.25, -0.2) is 4.98 Å². The Labute approximate surface area is 80.8 Å². The molecule has 4 heteroatoms. The quantitative estimate of drug-likeness (QED) is 0.752. The average Bonchev–Trinajstić information content (AvgIpc) is 2.58. The Kier molecular flexibility index (Phi) is 2.39. The smallest absolute Gasteiger partial charge is 0.120 e. The lowest BCUT2D eigenvalue weighted by atomic mass is 10.4. The standard InChI is InChI=1S/C8H12N2S2/c1-5-3-11-7(9-5)8-10-6(2)4-12-8/h3,6,8,10H,4H2,1-2H3. The number of aromatic nitrogens is 1. The van der Waals surface area contributed by atoms with Crippen LogP contribution in [0.2, 0.25) is 0 Å². The predicted octanol–water partition coefficient (Wildman–Crippen LogP) is 2.18. The van der Waals surface area contributed by atoms with Crippen molar-refractivity contribution in [1.29, 1.82) is 0 Å². The Morgan fingerprint density at radius 1 is 1.67 bits per heavy atom. The minimum absolute atomic E-state index is 0.443. The maximum absolute atomic E-state index is 4.46. The van der Waals surface area contributed by atoms with E-state index in [1.54, 1.807) is 11.3 Å². The topological polar surface area (TPSA) is 24.9 Å². The molecule has 0 amide bonds. The van der Waals surface area contributed by atoms with Crippen LogP contribution in [0.1, 0.15) is 23.0 Å². The predicted molar refractivity (Wildman–Crippen MR) is 54.6 cm³/mol. The zero-order valence-electron chi connectivity index (χ0n) is 7.20. The number of nitrogens with zero attached hydrogens (tertiary/aromatic N) is 1. The lowest BCUT2D eigenvalue weighted by Crippen LogP contribution is -2.21. The molecule has 1 aromatic heterocycles. The Morgan fingerprint density at radius 2 is 2.50 bits per heavy atom. The monoisotopic (exact) mass is 200 g/mol. The van der Waals surface area contributed by atoms with Crippen LogP contribution in [-0.2, 0) is 0 Å². The summed E-state index contributed by atoms with van der Waals surface area (Å²) in [7, 11) is 0. The van der Waals surface area contributed by atoms with Crippen LogP contribution in [0.15, 0.2) is 5.38 Å². The molecule has 0 saturated carbocycles. The van der Waals surface area contributed by atoms with Crippen LogP contribution in [0.5, 0.6) is 0 Å². The number of thiazole rings is 1. The second kappa shape index (κ2) is 3.36. The molecule has 0 aliphatic carbocycles. The van der Waals surface area contributed by atoms with Gasteiger partial charge in [0.1, 0.15) is 10.4 Å². The molecule has 1 aromatic rings. The van der Waals surface area contributed by atoms with Crippen LogP contribution in [0.4, 0.5) is 0 Å². The minimum Gasteiger partial charge on any atom is -0.296 e. The molecule has 0 spiro atoms. The van der Waals surface area contributed by atoms with Crippen molar-refractivity contribution < 1.29 is 0 Å². The maximum Gasteiger partial charge on any atom is 0.120 e. The molecular formula is C8H12N2S2. The highest BCUT2D eigenvalue weighted by Gasteiger charge is 2.24. The van der Waals surface area contributed by atoms with Gasteiger partial charge in [-0.05, 0) is 13.8 Å². The van der Waals surface area contributed by atoms with Crippen LogP contribution >= 0.6 is 23.1 Å².